The monoisotopic (exact) mass is 729 g/mol. The Labute approximate surface area is 332 Å². The lowest BCUT2D eigenvalue weighted by Crippen LogP contribution is -2.61. The van der Waals surface area contributed by atoms with Gasteiger partial charge in [-0.3, -0.25) is 4.90 Å². The van der Waals surface area contributed by atoms with Crippen molar-refractivity contribution in [3.63, 3.8) is 0 Å². The fraction of sp³-hybridized carbons (Fsp3) is 0.235. The third kappa shape index (κ3) is 5.74. The molecule has 0 spiro atoms. The Morgan fingerprint density at radius 1 is 0.518 bits per heavy atom. The van der Waals surface area contributed by atoms with Gasteiger partial charge < -0.3 is 9.32 Å². The molecule has 0 unspecified atom stereocenters. The summed E-state index contributed by atoms with van der Waals surface area (Å²) in [5.74, 6) is 0.852. The number of benzene rings is 6. The van der Waals surface area contributed by atoms with Gasteiger partial charge in [-0.25, -0.2) is 0 Å². The van der Waals surface area contributed by atoms with E-state index in [-0.39, 0.29) is 23.0 Å². The zero-order chi connectivity index (χ0) is 39.3. The van der Waals surface area contributed by atoms with Crippen LogP contribution >= 0.6 is 0 Å². The number of para-hydroxylation sites is 1. The van der Waals surface area contributed by atoms with Gasteiger partial charge in [-0.15, -0.1) is 0 Å². The molecule has 9 rings (SSSR count). The third-order valence-corrected chi connectivity index (χ3v) is 11.8. The van der Waals surface area contributed by atoms with E-state index in [2.05, 4.69) is 193 Å². The van der Waals surface area contributed by atoms with Gasteiger partial charge in [0.25, 0.3) is 6.71 Å². The minimum atomic E-state index is -0.0823. The topological polar surface area (TPSA) is 43.4 Å². The summed E-state index contributed by atoms with van der Waals surface area (Å²) in [4.78, 5) is 4.83. The van der Waals surface area contributed by atoms with Gasteiger partial charge in [-0.05, 0) is 116 Å². The molecule has 2 aliphatic heterocycles. The van der Waals surface area contributed by atoms with E-state index >= 15 is 0 Å². The maximum absolute atomic E-state index is 9.68. The molecule has 5 heteroatoms. The Morgan fingerprint density at radius 3 is 1.62 bits per heavy atom. The van der Waals surface area contributed by atoms with Crippen molar-refractivity contribution in [2.75, 3.05) is 9.80 Å². The van der Waals surface area contributed by atoms with Crippen molar-refractivity contribution < 1.29 is 4.42 Å². The minimum Gasteiger partial charge on any atom is -0.440 e. The predicted octanol–water partition coefficient (Wildman–Crippen LogP) is 11.9. The smallest absolute Gasteiger partial charge is 0.257 e. The highest BCUT2D eigenvalue weighted by atomic mass is 16.4. The van der Waals surface area contributed by atoms with E-state index < -0.39 is 0 Å². The summed E-state index contributed by atoms with van der Waals surface area (Å²) in [7, 11) is 0. The van der Waals surface area contributed by atoms with Crippen LogP contribution in [0.25, 0.3) is 22.1 Å². The molecule has 0 aliphatic carbocycles. The van der Waals surface area contributed by atoms with Crippen molar-refractivity contribution in [2.45, 2.75) is 78.6 Å². The molecule has 1 aromatic heterocycles. The van der Waals surface area contributed by atoms with Gasteiger partial charge >= 0.3 is 0 Å². The highest BCUT2D eigenvalue weighted by Gasteiger charge is 2.47. The van der Waals surface area contributed by atoms with Crippen LogP contribution in [0.15, 0.2) is 132 Å². The Hall–Kier alpha value is -5.99. The Balaban J connectivity index is 1.41. The lowest BCUT2D eigenvalue weighted by molar-refractivity contribution is 0.590. The van der Waals surface area contributed by atoms with E-state index in [0.717, 1.165) is 50.7 Å². The molecule has 2 aliphatic rings. The fourth-order valence-electron chi connectivity index (χ4n) is 8.60. The molecule has 0 N–H and O–H groups in total. The molecule has 4 nitrogen and oxygen atoms in total. The molecule has 0 saturated heterocycles. The molecule has 7 aromatic rings. The summed E-state index contributed by atoms with van der Waals surface area (Å²) in [5, 5.41) is 10.8. The van der Waals surface area contributed by atoms with Crippen molar-refractivity contribution in [3.05, 3.63) is 150 Å². The van der Waals surface area contributed by atoms with E-state index in [1.807, 2.05) is 12.1 Å². The van der Waals surface area contributed by atoms with Crippen molar-refractivity contribution >= 4 is 68.4 Å². The van der Waals surface area contributed by atoms with E-state index in [4.69, 9.17) is 4.42 Å². The van der Waals surface area contributed by atoms with Crippen LogP contribution in [0.4, 0.5) is 34.3 Å². The lowest BCUT2D eigenvalue weighted by atomic mass is 9.33. The van der Waals surface area contributed by atoms with Crippen LogP contribution in [0.5, 0.6) is 0 Å². The Morgan fingerprint density at radius 2 is 1.05 bits per heavy atom. The zero-order valence-corrected chi connectivity index (χ0v) is 34.0. The average Bonchev–Trinajstić information content (AvgIpc) is 3.55. The van der Waals surface area contributed by atoms with Gasteiger partial charge in [0.15, 0.2) is 0 Å². The molecule has 0 amide bonds. The molecule has 0 atom stereocenters. The Kier molecular flexibility index (Phi) is 7.98. The third-order valence-electron chi connectivity index (χ3n) is 11.8. The summed E-state index contributed by atoms with van der Waals surface area (Å²) in [6.07, 6.45) is 0. The summed E-state index contributed by atoms with van der Waals surface area (Å²) in [5.41, 5.74) is 16.8. The van der Waals surface area contributed by atoms with Crippen molar-refractivity contribution in [2.24, 2.45) is 0 Å². The lowest BCUT2D eigenvalue weighted by Gasteiger charge is -2.43. The summed E-state index contributed by atoms with van der Waals surface area (Å²) < 4.78 is 7.03. The van der Waals surface area contributed by atoms with Crippen LogP contribution in [0, 0.1) is 11.3 Å². The first-order valence-electron chi connectivity index (χ1n) is 19.8. The second kappa shape index (κ2) is 12.5. The van der Waals surface area contributed by atoms with Gasteiger partial charge in [0.2, 0.25) is 5.88 Å². The number of nitrogens with zero attached hydrogens (tertiary/aromatic N) is 3. The first kappa shape index (κ1) is 35.7. The second-order valence-corrected chi connectivity index (χ2v) is 18.7. The highest BCUT2D eigenvalue weighted by Crippen LogP contribution is 2.48. The number of fused-ring (bicyclic) bond motifs is 6. The van der Waals surface area contributed by atoms with Crippen molar-refractivity contribution in [3.8, 4) is 17.2 Å². The predicted molar refractivity (Wildman–Crippen MR) is 236 cm³/mol. The molecule has 0 fully saturated rings. The normalized spacial score (nSPS) is 13.7. The number of rotatable bonds is 3. The Bertz CT molecular complexity index is 2700. The maximum Gasteiger partial charge on any atom is 0.257 e. The number of furan rings is 1. The minimum absolute atomic E-state index is 0.0161. The largest absolute Gasteiger partial charge is 0.440 e. The summed E-state index contributed by atoms with van der Waals surface area (Å²) >= 11 is 0. The summed E-state index contributed by atoms with van der Waals surface area (Å²) in [6.45, 7) is 20.4. The van der Waals surface area contributed by atoms with Crippen LogP contribution in [0.2, 0.25) is 0 Å². The van der Waals surface area contributed by atoms with Crippen LogP contribution in [-0.2, 0) is 16.2 Å². The SMILES string of the molecule is CC(C)(C)c1ccc(N2c3ccc(C(C)(C)C)cc3B3c4c2cc(-c2ccc(C#N)cc2)cc4N(c2ccc(C(C)(C)C)cc2)c2oc4ccccc4c23)cc1. The average molecular weight is 730 g/mol. The van der Waals surface area contributed by atoms with Gasteiger partial charge in [-0.1, -0.05) is 129 Å². The van der Waals surface area contributed by atoms with E-state index in [1.54, 1.807) is 0 Å². The molecule has 0 bridgehead atoms. The fourth-order valence-corrected chi connectivity index (χ4v) is 8.60. The number of anilines is 6. The van der Waals surface area contributed by atoms with Crippen LogP contribution in [-0.4, -0.2) is 6.71 Å². The molecule has 0 radical (unpaired) electrons. The van der Waals surface area contributed by atoms with Crippen molar-refractivity contribution in [1.82, 2.24) is 0 Å². The zero-order valence-electron chi connectivity index (χ0n) is 34.0. The number of hydrogen-bond acceptors (Lipinski definition) is 4. The van der Waals surface area contributed by atoms with Crippen molar-refractivity contribution in [1.29, 1.82) is 5.26 Å². The number of hydrogen-bond donors (Lipinski definition) is 0. The van der Waals surface area contributed by atoms with E-state index in [9.17, 15) is 5.26 Å². The highest BCUT2D eigenvalue weighted by molar-refractivity contribution is 7.01. The van der Waals surface area contributed by atoms with Crippen LogP contribution in [0.3, 0.4) is 0 Å². The molecule has 3 heterocycles. The molecule has 0 saturated carbocycles. The van der Waals surface area contributed by atoms with Crippen LogP contribution < -0.4 is 26.2 Å². The first-order valence-corrected chi connectivity index (χ1v) is 19.8. The van der Waals surface area contributed by atoms with Gasteiger partial charge in [0.1, 0.15) is 5.58 Å². The molecule has 6 aromatic carbocycles. The summed E-state index contributed by atoms with van der Waals surface area (Å²) in [6, 6.07) is 48.7. The standard InChI is InChI=1S/C51H48BN3O/c1-49(2,3)35-18-23-38(24-19-35)54-42-27-22-37(51(7,8)9)30-41(42)52-46-40-12-10-11-13-45(40)56-48(46)55(39-25-20-36(21-26-39)50(4,5)6)44-29-34(28-43(54)47(44)52)33-16-14-32(31-53)15-17-33/h10-30H,1-9H3. The molecular weight excluding hydrogens is 681 g/mol. The van der Waals surface area contributed by atoms with Gasteiger partial charge in [0.05, 0.1) is 11.6 Å². The molecule has 56 heavy (non-hydrogen) atoms. The number of nitriles is 1. The first-order chi connectivity index (χ1) is 26.6. The van der Waals surface area contributed by atoms with E-state index in [0.29, 0.717) is 5.56 Å². The molecular formula is C51H48BN3O. The quantitative estimate of drug-likeness (QED) is 0.170. The molecule has 276 valence electrons. The van der Waals surface area contributed by atoms with Gasteiger partial charge in [0, 0.05) is 39.3 Å². The van der Waals surface area contributed by atoms with E-state index in [1.165, 1.54) is 38.8 Å². The second-order valence-electron chi connectivity index (χ2n) is 18.7. The van der Waals surface area contributed by atoms with Crippen LogP contribution in [0.1, 0.15) is 84.6 Å². The maximum atomic E-state index is 9.68. The van der Waals surface area contributed by atoms with Gasteiger partial charge in [-0.2, -0.15) is 5.26 Å².